The summed E-state index contributed by atoms with van der Waals surface area (Å²) in [6, 6.07) is 0. The maximum atomic E-state index is 12.4. The van der Waals surface area contributed by atoms with E-state index >= 15 is 0 Å². The molecule has 5 nitrogen and oxygen atoms in total. The van der Waals surface area contributed by atoms with E-state index in [1.165, 1.54) is 11.1 Å². The smallest absolute Gasteiger partial charge is 0.253 e. The van der Waals surface area contributed by atoms with Crippen LogP contribution in [0, 0.1) is 0 Å². The molecule has 0 spiro atoms. The van der Waals surface area contributed by atoms with Gasteiger partial charge in [0.2, 0.25) is 13.4 Å². The first-order chi connectivity index (χ1) is 11.0. The van der Waals surface area contributed by atoms with E-state index in [1.807, 2.05) is 0 Å². The molecule has 0 saturated carbocycles. The van der Waals surface area contributed by atoms with E-state index in [4.69, 9.17) is 104 Å². The van der Waals surface area contributed by atoms with Crippen LogP contribution in [0.15, 0.2) is 6.20 Å². The molecule has 1 aromatic heterocycles. The largest absolute Gasteiger partial charge is 0.383 e. The zero-order valence-corrected chi connectivity index (χ0v) is 19.0. The van der Waals surface area contributed by atoms with E-state index in [2.05, 4.69) is 15.0 Å². The van der Waals surface area contributed by atoms with Gasteiger partial charge in [0.15, 0.2) is 17.5 Å². The van der Waals surface area contributed by atoms with Gasteiger partial charge in [-0.3, -0.25) is 4.79 Å². The average molecular weight is 530 g/mol. The Bertz CT molecular complexity index is 656. The van der Waals surface area contributed by atoms with Crippen molar-refractivity contribution in [2.45, 2.75) is 11.4 Å². The number of aromatic nitrogens is 3. The first-order valence-corrected chi connectivity index (χ1v) is 9.34. The van der Waals surface area contributed by atoms with Crippen LogP contribution in [0.4, 0.5) is 0 Å². The molecule has 0 bridgehead atoms. The van der Waals surface area contributed by atoms with E-state index in [0.29, 0.717) is 0 Å². The van der Waals surface area contributed by atoms with Crippen LogP contribution in [0.1, 0.15) is 17.5 Å². The fraction of sp³-hybridized carbons (Fsp3) is 0.455. The Hall–Kier alpha value is 0.830. The minimum absolute atomic E-state index is 0.224. The maximum absolute atomic E-state index is 12.4. The second-order valence-electron chi connectivity index (χ2n) is 4.64. The van der Waals surface area contributed by atoms with E-state index in [1.54, 1.807) is 14.1 Å². The van der Waals surface area contributed by atoms with Crippen molar-refractivity contribution in [3.05, 3.63) is 23.7 Å². The maximum Gasteiger partial charge on any atom is 0.253 e. The molecular formula is C11H7Cl9N4O. The van der Waals surface area contributed by atoms with E-state index in [9.17, 15) is 4.79 Å². The molecule has 0 amide bonds. The number of halogens is 9. The minimum atomic E-state index is -2.30. The predicted octanol–water partition coefficient (Wildman–Crippen LogP) is 5.37. The van der Waals surface area contributed by atoms with Crippen LogP contribution in [-0.2, 0) is 12.4 Å². The summed E-state index contributed by atoms with van der Waals surface area (Å²) in [6.45, 7) is 0. The fourth-order valence-corrected chi connectivity index (χ4v) is 2.19. The summed E-state index contributed by atoms with van der Waals surface area (Å²) in [7, 11) is 3.22. The van der Waals surface area contributed by atoms with Crippen LogP contribution >= 0.6 is 104 Å². The zero-order valence-electron chi connectivity index (χ0n) is 12.2. The third-order valence-corrected chi connectivity index (χ3v) is 3.80. The molecule has 25 heavy (non-hydrogen) atoms. The van der Waals surface area contributed by atoms with Gasteiger partial charge in [0.25, 0.3) is 3.79 Å². The monoisotopic (exact) mass is 526 g/mol. The molecule has 0 radical (unpaired) electrons. The summed E-state index contributed by atoms with van der Waals surface area (Å²) < 4.78 is -6.47. The number of hydrogen-bond acceptors (Lipinski definition) is 5. The molecule has 0 aromatic carbocycles. The molecule has 140 valence electrons. The van der Waals surface area contributed by atoms with E-state index in [0.717, 1.165) is 0 Å². The van der Waals surface area contributed by atoms with Gasteiger partial charge in [-0.15, -0.1) is 0 Å². The number of ketones is 1. The Labute approximate surface area is 188 Å². The van der Waals surface area contributed by atoms with Crippen LogP contribution < -0.4 is 0 Å². The topological polar surface area (TPSA) is 59.0 Å². The Kier molecular flexibility index (Phi) is 8.08. The van der Waals surface area contributed by atoms with Gasteiger partial charge < -0.3 is 4.90 Å². The number of nitrogens with zero attached hydrogens (tertiary/aromatic N) is 4. The summed E-state index contributed by atoms with van der Waals surface area (Å²) >= 11 is 51.7. The molecule has 1 heterocycles. The van der Waals surface area contributed by atoms with Crippen LogP contribution in [0.5, 0.6) is 0 Å². The lowest BCUT2D eigenvalue weighted by atomic mass is 10.2. The van der Waals surface area contributed by atoms with Crippen LogP contribution in [-0.4, -0.2) is 43.5 Å². The first-order valence-electron chi connectivity index (χ1n) is 5.94. The average Bonchev–Trinajstić information content (AvgIpc) is 2.40. The summed E-state index contributed by atoms with van der Waals surface area (Å²) in [5, 5.41) is 0. The van der Waals surface area contributed by atoms with Crippen molar-refractivity contribution in [2.75, 3.05) is 14.1 Å². The number of carbonyl (C=O) groups is 1. The molecule has 0 atom stereocenters. The van der Waals surface area contributed by atoms with Gasteiger partial charge in [-0.1, -0.05) is 104 Å². The highest BCUT2D eigenvalue weighted by Crippen LogP contribution is 2.41. The lowest BCUT2D eigenvalue weighted by Gasteiger charge is -2.18. The van der Waals surface area contributed by atoms with Crippen molar-refractivity contribution in [1.29, 1.82) is 0 Å². The minimum Gasteiger partial charge on any atom is -0.383 e. The van der Waals surface area contributed by atoms with Crippen molar-refractivity contribution in [2.24, 2.45) is 0 Å². The highest BCUT2D eigenvalue weighted by Gasteiger charge is 2.39. The number of Topliss-reactive ketones (excluding diaryl/α,β-unsaturated/α-hetero) is 1. The SMILES string of the molecule is CN(C)/C=C(/C(=O)C(Cl)(Cl)Cl)c1nc(C(Cl)(Cl)Cl)nc(C(Cl)(Cl)Cl)n1. The summed E-state index contributed by atoms with van der Waals surface area (Å²) in [5.41, 5.74) is -0.224. The van der Waals surface area contributed by atoms with Crippen molar-refractivity contribution in [3.8, 4) is 0 Å². The summed E-state index contributed by atoms with van der Waals surface area (Å²) in [5.74, 6) is -2.01. The van der Waals surface area contributed by atoms with E-state index < -0.39 is 17.2 Å². The van der Waals surface area contributed by atoms with Gasteiger partial charge in [0.05, 0.1) is 5.57 Å². The number of allylic oxidation sites excluding steroid dienone is 1. The van der Waals surface area contributed by atoms with Gasteiger partial charge in [0.1, 0.15) is 0 Å². The summed E-state index contributed by atoms with van der Waals surface area (Å²) in [4.78, 5) is 25.6. The molecular weight excluding hydrogens is 523 g/mol. The Morgan fingerprint density at radius 2 is 1.24 bits per heavy atom. The van der Waals surface area contributed by atoms with Gasteiger partial charge in [-0.2, -0.15) is 0 Å². The number of alkyl halides is 9. The molecule has 0 fully saturated rings. The van der Waals surface area contributed by atoms with Crippen molar-refractivity contribution >= 4 is 116 Å². The third-order valence-electron chi connectivity index (χ3n) is 2.27. The number of hydrogen-bond donors (Lipinski definition) is 0. The van der Waals surface area contributed by atoms with E-state index in [-0.39, 0.29) is 23.0 Å². The Balaban J connectivity index is 3.73. The molecule has 0 aliphatic heterocycles. The fourth-order valence-electron chi connectivity index (χ4n) is 1.38. The second kappa shape index (κ2) is 8.46. The molecule has 0 aliphatic rings. The molecule has 14 heteroatoms. The molecule has 1 rings (SSSR count). The highest BCUT2D eigenvalue weighted by molar-refractivity contribution is 6.79. The van der Waals surface area contributed by atoms with Gasteiger partial charge in [-0.05, 0) is 0 Å². The van der Waals surface area contributed by atoms with Crippen molar-refractivity contribution in [3.63, 3.8) is 0 Å². The molecule has 1 aromatic rings. The van der Waals surface area contributed by atoms with Gasteiger partial charge in [-0.25, -0.2) is 15.0 Å². The second-order valence-corrected chi connectivity index (χ2v) is 11.5. The summed E-state index contributed by atoms with van der Waals surface area (Å²) in [6.07, 6.45) is 1.30. The van der Waals surface area contributed by atoms with Crippen LogP contribution in [0.2, 0.25) is 0 Å². The quantitative estimate of drug-likeness (QED) is 0.389. The lowest BCUT2D eigenvalue weighted by molar-refractivity contribution is -0.113. The van der Waals surface area contributed by atoms with Gasteiger partial charge in [0, 0.05) is 20.3 Å². The Morgan fingerprint density at radius 1 is 0.840 bits per heavy atom. The number of carbonyl (C=O) groups excluding carboxylic acids is 1. The predicted molar refractivity (Wildman–Crippen MR) is 105 cm³/mol. The van der Waals surface area contributed by atoms with Crippen molar-refractivity contribution in [1.82, 2.24) is 19.9 Å². The third kappa shape index (κ3) is 7.05. The Morgan fingerprint density at radius 3 is 1.52 bits per heavy atom. The van der Waals surface area contributed by atoms with Crippen molar-refractivity contribution < 1.29 is 4.79 Å². The molecule has 0 unspecified atom stereocenters. The van der Waals surface area contributed by atoms with Gasteiger partial charge >= 0.3 is 0 Å². The standard InChI is InChI=1S/C11H7Cl9N4O/c1-24(2)3-4(5(25)9(12,13)14)6-21-7(10(15,16)17)23-8(22-6)11(18,19)20/h3H,1-2H3/b4-3-. The molecule has 0 aliphatic carbocycles. The lowest BCUT2D eigenvalue weighted by Crippen LogP contribution is -2.25. The molecule has 0 N–H and O–H groups in total. The zero-order chi connectivity index (χ0) is 19.8. The highest BCUT2D eigenvalue weighted by atomic mass is 35.6. The van der Waals surface area contributed by atoms with Crippen LogP contribution in [0.25, 0.3) is 5.57 Å². The normalized spacial score (nSPS) is 13.8. The number of rotatable bonds is 3. The molecule has 0 saturated heterocycles. The van der Waals surface area contributed by atoms with Crippen LogP contribution in [0.3, 0.4) is 0 Å². The first kappa shape index (κ1) is 23.9.